The van der Waals surface area contributed by atoms with Crippen molar-refractivity contribution < 1.29 is 0 Å². The first-order valence-corrected chi connectivity index (χ1v) is 7.09. The van der Waals surface area contributed by atoms with E-state index in [-0.39, 0.29) is 5.41 Å². The molecule has 1 fully saturated rings. The molecule has 0 unspecified atom stereocenters. The van der Waals surface area contributed by atoms with E-state index in [1.807, 2.05) is 0 Å². The molecular weight excluding hydrogens is 216 g/mol. The van der Waals surface area contributed by atoms with E-state index in [1.165, 1.54) is 36.5 Å². The second-order valence-corrected chi connectivity index (χ2v) is 6.75. The molecule has 0 spiro atoms. The van der Waals surface area contributed by atoms with Gasteiger partial charge in [0.15, 0.2) is 0 Å². The molecule has 0 aliphatic heterocycles. The third kappa shape index (κ3) is 3.05. The maximum absolute atomic E-state index is 4.68. The van der Waals surface area contributed by atoms with Crippen molar-refractivity contribution in [2.24, 2.45) is 5.92 Å². The van der Waals surface area contributed by atoms with Crippen LogP contribution in [-0.4, -0.2) is 11.5 Å². The smallest absolute Gasteiger partial charge is 0.107 e. The fraction of sp³-hybridized carbons (Fsp3) is 0.769. The predicted octanol–water partition coefficient (Wildman–Crippen LogP) is 3.33. The van der Waals surface area contributed by atoms with Gasteiger partial charge < -0.3 is 5.32 Å². The molecule has 0 bridgehead atoms. The molecule has 1 N–H and O–H groups in total. The molecule has 16 heavy (non-hydrogen) atoms. The molecule has 2 nitrogen and oxygen atoms in total. The van der Waals surface area contributed by atoms with Gasteiger partial charge in [0.2, 0.25) is 0 Å². The van der Waals surface area contributed by atoms with Crippen molar-refractivity contribution in [1.29, 1.82) is 0 Å². The molecule has 1 aromatic rings. The van der Waals surface area contributed by atoms with Crippen LogP contribution in [0.2, 0.25) is 0 Å². The van der Waals surface area contributed by atoms with Crippen molar-refractivity contribution in [2.75, 3.05) is 6.54 Å². The van der Waals surface area contributed by atoms with Gasteiger partial charge in [-0.3, -0.25) is 0 Å². The number of hydrogen-bond donors (Lipinski definition) is 1. The van der Waals surface area contributed by atoms with Crippen LogP contribution in [0, 0.1) is 5.92 Å². The Morgan fingerprint density at radius 2 is 2.19 bits per heavy atom. The summed E-state index contributed by atoms with van der Waals surface area (Å²) in [5.41, 5.74) is 1.40. The summed E-state index contributed by atoms with van der Waals surface area (Å²) in [7, 11) is 0. The highest BCUT2D eigenvalue weighted by Gasteiger charge is 2.18. The number of hydrogen-bond acceptors (Lipinski definition) is 3. The molecule has 1 heterocycles. The zero-order valence-corrected chi connectivity index (χ0v) is 11.4. The van der Waals surface area contributed by atoms with Crippen molar-refractivity contribution in [1.82, 2.24) is 10.3 Å². The van der Waals surface area contributed by atoms with E-state index in [2.05, 4.69) is 36.5 Å². The maximum atomic E-state index is 4.68. The Labute approximate surface area is 102 Å². The maximum Gasteiger partial charge on any atom is 0.107 e. The van der Waals surface area contributed by atoms with Crippen LogP contribution in [0.5, 0.6) is 0 Å². The number of aromatic nitrogens is 1. The van der Waals surface area contributed by atoms with E-state index in [0.717, 1.165) is 12.5 Å². The first kappa shape index (κ1) is 12.1. The van der Waals surface area contributed by atoms with Gasteiger partial charge in [0.1, 0.15) is 5.01 Å². The second kappa shape index (κ2) is 4.84. The number of rotatable bonds is 4. The molecule has 0 amide bonds. The average molecular weight is 238 g/mol. The molecule has 90 valence electrons. The van der Waals surface area contributed by atoms with Crippen molar-refractivity contribution in [3.8, 4) is 0 Å². The topological polar surface area (TPSA) is 24.9 Å². The number of thiazole rings is 1. The molecule has 1 saturated carbocycles. The van der Waals surface area contributed by atoms with Gasteiger partial charge in [-0.15, -0.1) is 11.3 Å². The Morgan fingerprint density at radius 1 is 1.44 bits per heavy atom. The molecule has 2 rings (SSSR count). The molecule has 1 aliphatic rings. The fourth-order valence-electron chi connectivity index (χ4n) is 1.82. The molecule has 1 aliphatic carbocycles. The summed E-state index contributed by atoms with van der Waals surface area (Å²) in [6.07, 6.45) is 4.26. The van der Waals surface area contributed by atoms with Gasteiger partial charge in [-0.1, -0.05) is 27.2 Å². The van der Waals surface area contributed by atoms with Crippen LogP contribution in [0.25, 0.3) is 0 Å². The predicted molar refractivity (Wildman–Crippen MR) is 69.9 cm³/mol. The van der Waals surface area contributed by atoms with Crippen LogP contribution in [0.15, 0.2) is 5.38 Å². The Kier molecular flexibility index (Phi) is 3.65. The quantitative estimate of drug-likeness (QED) is 0.870. The Morgan fingerprint density at radius 3 is 2.69 bits per heavy atom. The second-order valence-electron chi connectivity index (χ2n) is 5.80. The van der Waals surface area contributed by atoms with E-state index in [1.54, 1.807) is 11.3 Å². The lowest BCUT2D eigenvalue weighted by atomic mass is 9.85. The van der Waals surface area contributed by atoms with Crippen molar-refractivity contribution >= 4 is 11.3 Å². The van der Waals surface area contributed by atoms with Gasteiger partial charge in [-0.05, 0) is 25.3 Å². The summed E-state index contributed by atoms with van der Waals surface area (Å²) in [6.45, 7) is 8.76. The monoisotopic (exact) mass is 238 g/mol. The normalized spacial score (nSPS) is 17.4. The van der Waals surface area contributed by atoms with E-state index in [4.69, 9.17) is 0 Å². The van der Waals surface area contributed by atoms with Gasteiger partial charge >= 0.3 is 0 Å². The summed E-state index contributed by atoms with van der Waals surface area (Å²) in [5, 5.41) is 6.94. The standard InChI is InChI=1S/C13H22N2S/c1-13(2,3)11-9-16-12(15-11)8-14-7-10-5-4-6-10/h9-10,14H,4-8H2,1-3H3. The summed E-state index contributed by atoms with van der Waals surface area (Å²) >= 11 is 1.78. The fourth-order valence-corrected chi connectivity index (χ4v) is 2.81. The lowest BCUT2D eigenvalue weighted by Crippen LogP contribution is -2.26. The van der Waals surface area contributed by atoms with Crippen LogP contribution >= 0.6 is 11.3 Å². The zero-order valence-electron chi connectivity index (χ0n) is 10.5. The molecule has 3 heteroatoms. The van der Waals surface area contributed by atoms with Crippen molar-refractivity contribution in [3.05, 3.63) is 16.1 Å². The third-order valence-electron chi connectivity index (χ3n) is 3.25. The SMILES string of the molecule is CC(C)(C)c1csc(CNCC2CCC2)n1. The highest BCUT2D eigenvalue weighted by molar-refractivity contribution is 7.09. The molecular formula is C13H22N2S. The van der Waals surface area contributed by atoms with E-state index in [0.29, 0.717) is 0 Å². The molecule has 0 radical (unpaired) electrons. The van der Waals surface area contributed by atoms with Crippen LogP contribution < -0.4 is 5.32 Å². The lowest BCUT2D eigenvalue weighted by molar-refractivity contribution is 0.301. The highest BCUT2D eigenvalue weighted by atomic mass is 32.1. The minimum absolute atomic E-state index is 0.183. The third-order valence-corrected chi connectivity index (χ3v) is 4.10. The molecule has 0 atom stereocenters. The molecule has 1 aromatic heterocycles. The summed E-state index contributed by atoms with van der Waals surface area (Å²) < 4.78 is 0. The largest absolute Gasteiger partial charge is 0.310 e. The molecule has 0 saturated heterocycles. The van der Waals surface area contributed by atoms with Crippen LogP contribution in [0.4, 0.5) is 0 Å². The van der Waals surface area contributed by atoms with E-state index >= 15 is 0 Å². The Balaban J connectivity index is 1.78. The minimum atomic E-state index is 0.183. The highest BCUT2D eigenvalue weighted by Crippen LogP contribution is 2.26. The first-order valence-electron chi connectivity index (χ1n) is 6.21. The Bertz CT molecular complexity index is 334. The lowest BCUT2D eigenvalue weighted by Gasteiger charge is -2.25. The first-order chi connectivity index (χ1) is 7.55. The minimum Gasteiger partial charge on any atom is -0.310 e. The average Bonchev–Trinajstić information content (AvgIpc) is 2.56. The van der Waals surface area contributed by atoms with Crippen molar-refractivity contribution in [2.45, 2.75) is 52.0 Å². The molecule has 0 aromatic carbocycles. The van der Waals surface area contributed by atoms with Gasteiger partial charge in [-0.25, -0.2) is 4.98 Å². The summed E-state index contributed by atoms with van der Waals surface area (Å²) in [5.74, 6) is 0.932. The van der Waals surface area contributed by atoms with Crippen LogP contribution in [0.3, 0.4) is 0 Å². The van der Waals surface area contributed by atoms with Crippen LogP contribution in [0.1, 0.15) is 50.7 Å². The number of nitrogens with one attached hydrogen (secondary N) is 1. The van der Waals surface area contributed by atoms with Crippen LogP contribution in [-0.2, 0) is 12.0 Å². The number of nitrogens with zero attached hydrogens (tertiary/aromatic N) is 1. The van der Waals surface area contributed by atoms with Gasteiger partial charge in [0.25, 0.3) is 0 Å². The van der Waals surface area contributed by atoms with Crippen molar-refractivity contribution in [3.63, 3.8) is 0 Å². The van der Waals surface area contributed by atoms with E-state index < -0.39 is 0 Å². The summed E-state index contributed by atoms with van der Waals surface area (Å²) in [6, 6.07) is 0. The van der Waals surface area contributed by atoms with Gasteiger partial charge in [0.05, 0.1) is 5.69 Å². The zero-order chi connectivity index (χ0) is 11.6. The van der Waals surface area contributed by atoms with E-state index in [9.17, 15) is 0 Å². The Hall–Kier alpha value is -0.410. The van der Waals surface area contributed by atoms with Gasteiger partial charge in [0, 0.05) is 17.3 Å². The summed E-state index contributed by atoms with van der Waals surface area (Å²) in [4.78, 5) is 4.68. The van der Waals surface area contributed by atoms with Gasteiger partial charge in [-0.2, -0.15) is 0 Å².